The average molecular weight is 503 g/mol. The normalized spacial score (nSPS) is 34.9. The van der Waals surface area contributed by atoms with Gasteiger partial charge >= 0.3 is 5.97 Å². The predicted octanol–water partition coefficient (Wildman–Crippen LogP) is 2.85. The molecule has 0 bridgehead atoms. The Hall–Kier alpha value is -2.19. The van der Waals surface area contributed by atoms with Gasteiger partial charge in [-0.05, 0) is 31.6 Å². The number of aliphatic hydroxyl groups excluding tert-OH is 1. The van der Waals surface area contributed by atoms with Crippen LogP contribution in [0.2, 0.25) is 0 Å². The first kappa shape index (κ1) is 26.9. The van der Waals surface area contributed by atoms with Crippen LogP contribution in [0.5, 0.6) is 0 Å². The van der Waals surface area contributed by atoms with Gasteiger partial charge in [0.15, 0.2) is 0 Å². The molecule has 0 aromatic carbocycles. The molecule has 4 aliphatic rings. The van der Waals surface area contributed by atoms with E-state index in [1.165, 1.54) is 0 Å². The maximum atomic E-state index is 14.2. The number of carbonyl (C=O) groups is 3. The molecule has 7 atom stereocenters. The van der Waals surface area contributed by atoms with Crippen molar-refractivity contribution in [2.45, 2.75) is 89.5 Å². The number of fused-ring (bicyclic) bond motifs is 2. The van der Waals surface area contributed by atoms with Gasteiger partial charge in [0.1, 0.15) is 17.6 Å². The molecular formula is C28H42N2O6. The van der Waals surface area contributed by atoms with Gasteiger partial charge in [-0.3, -0.25) is 14.4 Å². The largest absolute Gasteiger partial charge is 0.465 e. The summed E-state index contributed by atoms with van der Waals surface area (Å²) in [6.45, 7) is 7.19. The van der Waals surface area contributed by atoms with Crippen molar-refractivity contribution in [3.63, 3.8) is 0 Å². The number of aliphatic hydroxyl groups is 1. The maximum Gasteiger partial charge on any atom is 0.312 e. The Morgan fingerprint density at radius 3 is 2.67 bits per heavy atom. The molecule has 1 spiro atoms. The number of allylic oxidation sites excluding steroid dienone is 1. The number of unbranched alkanes of at least 4 members (excludes halogenated alkanes) is 2. The summed E-state index contributed by atoms with van der Waals surface area (Å²) in [5.41, 5.74) is -1.28. The number of hydrogen-bond donors (Lipinski definition) is 1. The molecule has 2 amide bonds. The van der Waals surface area contributed by atoms with Crippen molar-refractivity contribution < 1.29 is 29.0 Å². The van der Waals surface area contributed by atoms with Crippen molar-refractivity contribution in [2.75, 3.05) is 26.3 Å². The number of nitrogens with zero attached hydrogens (tertiary/aromatic N) is 2. The third-order valence-corrected chi connectivity index (χ3v) is 8.50. The molecule has 4 aliphatic heterocycles. The van der Waals surface area contributed by atoms with Crippen LogP contribution in [0.4, 0.5) is 0 Å². The quantitative estimate of drug-likeness (QED) is 0.312. The lowest BCUT2D eigenvalue weighted by Crippen LogP contribution is -2.59. The number of carbonyl (C=O) groups excluding carboxylic acids is 3. The highest BCUT2D eigenvalue weighted by atomic mass is 16.6. The average Bonchev–Trinajstić information content (AvgIpc) is 3.26. The number of rotatable bonds is 8. The Bertz CT molecular complexity index is 887. The van der Waals surface area contributed by atoms with Crippen molar-refractivity contribution >= 4 is 17.8 Å². The lowest BCUT2D eigenvalue weighted by molar-refractivity contribution is -0.157. The minimum Gasteiger partial charge on any atom is -0.465 e. The number of cyclic esters (lactones) is 1. The highest BCUT2D eigenvalue weighted by molar-refractivity contribution is 5.99. The number of amides is 2. The number of esters is 1. The van der Waals surface area contributed by atoms with Crippen LogP contribution in [0.25, 0.3) is 0 Å². The molecular weight excluding hydrogens is 460 g/mol. The Labute approximate surface area is 214 Å². The Morgan fingerprint density at radius 2 is 1.94 bits per heavy atom. The van der Waals surface area contributed by atoms with E-state index in [1.54, 1.807) is 9.80 Å². The van der Waals surface area contributed by atoms with Gasteiger partial charge in [0.05, 0.1) is 31.3 Å². The Kier molecular flexibility index (Phi) is 8.56. The topological polar surface area (TPSA) is 96.4 Å². The summed E-state index contributed by atoms with van der Waals surface area (Å²) < 4.78 is 12.3. The molecule has 0 aromatic rings. The van der Waals surface area contributed by atoms with Gasteiger partial charge in [-0.15, -0.1) is 0 Å². The molecule has 1 unspecified atom stereocenters. The number of likely N-dealkylation sites (tertiary alicyclic amines) is 1. The van der Waals surface area contributed by atoms with Crippen molar-refractivity contribution in [3.8, 4) is 0 Å². The van der Waals surface area contributed by atoms with Crippen molar-refractivity contribution in [3.05, 3.63) is 24.3 Å². The molecule has 0 aromatic heterocycles. The highest BCUT2D eigenvalue weighted by Gasteiger charge is 2.72. The smallest absolute Gasteiger partial charge is 0.312 e. The van der Waals surface area contributed by atoms with Gasteiger partial charge in [0.25, 0.3) is 0 Å². The first-order valence-corrected chi connectivity index (χ1v) is 13.8. The molecule has 0 radical (unpaired) electrons. The third-order valence-electron chi connectivity index (χ3n) is 8.50. The summed E-state index contributed by atoms with van der Waals surface area (Å²) in [5.74, 6) is -2.67. The highest BCUT2D eigenvalue weighted by Crippen LogP contribution is 2.54. The summed E-state index contributed by atoms with van der Waals surface area (Å²) >= 11 is 0. The van der Waals surface area contributed by atoms with E-state index < -0.39 is 41.6 Å². The van der Waals surface area contributed by atoms with Crippen molar-refractivity contribution in [1.29, 1.82) is 0 Å². The van der Waals surface area contributed by atoms with Crippen molar-refractivity contribution in [1.82, 2.24) is 9.80 Å². The van der Waals surface area contributed by atoms with Gasteiger partial charge in [-0.2, -0.15) is 0 Å². The van der Waals surface area contributed by atoms with Crippen LogP contribution in [0, 0.1) is 17.8 Å². The van der Waals surface area contributed by atoms with E-state index in [1.807, 2.05) is 38.2 Å². The minimum absolute atomic E-state index is 0.0323. The SMILES string of the molecule is CCCCCN1CC=C[C@]23O[C@H]4/C=C\CCCCOC(=O)[C@H]4[C@H]2C(=O)N([C@@H](CO)[C@@H](C)CC)C3C1=O. The molecule has 8 nitrogen and oxygen atoms in total. The van der Waals surface area contributed by atoms with E-state index in [2.05, 4.69) is 6.92 Å². The second kappa shape index (κ2) is 11.5. The van der Waals surface area contributed by atoms with Crippen molar-refractivity contribution in [2.24, 2.45) is 17.8 Å². The molecule has 0 saturated carbocycles. The molecule has 0 aliphatic carbocycles. The van der Waals surface area contributed by atoms with Gasteiger partial charge < -0.3 is 24.4 Å². The lowest BCUT2D eigenvalue weighted by Gasteiger charge is -2.40. The van der Waals surface area contributed by atoms with E-state index in [0.29, 0.717) is 19.7 Å². The fourth-order valence-corrected chi connectivity index (χ4v) is 6.33. The zero-order valence-corrected chi connectivity index (χ0v) is 21.9. The van der Waals surface area contributed by atoms with Gasteiger partial charge in [0.2, 0.25) is 11.8 Å². The van der Waals surface area contributed by atoms with Crippen LogP contribution in [0.15, 0.2) is 24.3 Å². The van der Waals surface area contributed by atoms with Crippen LogP contribution in [-0.4, -0.2) is 82.8 Å². The summed E-state index contributed by atoms with van der Waals surface area (Å²) in [7, 11) is 0. The third kappa shape index (κ3) is 4.62. The summed E-state index contributed by atoms with van der Waals surface area (Å²) in [5, 5.41) is 10.4. The number of ether oxygens (including phenoxy) is 2. The monoisotopic (exact) mass is 502 g/mol. The van der Waals surface area contributed by atoms with E-state index >= 15 is 0 Å². The molecule has 8 heteroatoms. The van der Waals surface area contributed by atoms with Gasteiger partial charge in [-0.1, -0.05) is 64.3 Å². The molecule has 4 rings (SSSR count). The second-order valence-electron chi connectivity index (χ2n) is 10.7. The Morgan fingerprint density at radius 1 is 1.14 bits per heavy atom. The zero-order valence-electron chi connectivity index (χ0n) is 21.9. The molecule has 2 fully saturated rings. The summed E-state index contributed by atoms with van der Waals surface area (Å²) in [6, 6.07) is -1.48. The molecule has 4 heterocycles. The first-order chi connectivity index (χ1) is 17.4. The molecule has 1 N–H and O–H groups in total. The van der Waals surface area contributed by atoms with E-state index in [4.69, 9.17) is 9.47 Å². The zero-order chi connectivity index (χ0) is 25.9. The second-order valence-corrected chi connectivity index (χ2v) is 10.7. The molecule has 200 valence electrons. The van der Waals surface area contributed by atoms with Crippen LogP contribution < -0.4 is 0 Å². The van der Waals surface area contributed by atoms with E-state index in [-0.39, 0.29) is 24.3 Å². The predicted molar refractivity (Wildman–Crippen MR) is 135 cm³/mol. The fraction of sp³-hybridized carbons (Fsp3) is 0.750. The van der Waals surface area contributed by atoms with Crippen LogP contribution >= 0.6 is 0 Å². The number of hydrogen-bond acceptors (Lipinski definition) is 6. The van der Waals surface area contributed by atoms with E-state index in [9.17, 15) is 19.5 Å². The fourth-order valence-electron chi connectivity index (χ4n) is 6.33. The minimum atomic E-state index is -1.28. The summed E-state index contributed by atoms with van der Waals surface area (Å²) in [6.07, 6.45) is 13.2. The van der Waals surface area contributed by atoms with Crippen LogP contribution in [0.1, 0.15) is 65.7 Å². The summed E-state index contributed by atoms with van der Waals surface area (Å²) in [4.78, 5) is 45.1. The maximum absolute atomic E-state index is 14.2. The van der Waals surface area contributed by atoms with E-state index in [0.717, 1.165) is 44.9 Å². The standard InChI is InChI=1S/C28H42N2O6/c1-4-6-10-15-29-16-12-14-28-23(22-21(36-28)13-9-7-8-11-17-35-27(22)34)25(32)30(24(28)26(29)33)20(18-31)19(3)5-2/h9,12-14,19-24,31H,4-8,10-11,15-18H2,1-3H3/b13-9-/t19-,20-,21-,22+,23-,24?,28-/m0/s1. The molecule has 36 heavy (non-hydrogen) atoms. The van der Waals surface area contributed by atoms with Gasteiger partial charge in [-0.25, -0.2) is 0 Å². The first-order valence-electron chi connectivity index (χ1n) is 13.8. The van der Waals surface area contributed by atoms with Crippen LogP contribution in [0.3, 0.4) is 0 Å². The van der Waals surface area contributed by atoms with Gasteiger partial charge in [0, 0.05) is 13.1 Å². The lowest BCUT2D eigenvalue weighted by atomic mass is 9.78. The Balaban J connectivity index is 1.80. The molecule has 2 saturated heterocycles. The van der Waals surface area contributed by atoms with Crippen LogP contribution in [-0.2, 0) is 23.9 Å².